The Labute approximate surface area is 119 Å². The smallest absolute Gasteiger partial charge is 0.220 e. The zero-order valence-corrected chi connectivity index (χ0v) is 12.2. The number of nitrogens with two attached hydrogens (primary N) is 1. The maximum Gasteiger partial charge on any atom is 0.220 e. The molecular formula is C14H22N2O2S. The van der Waals surface area contributed by atoms with E-state index in [1.165, 1.54) is 0 Å². The SMILES string of the molecule is CCSCCCNc1ccccc1OCCC(N)=O. The number of benzene rings is 1. The molecule has 5 heteroatoms. The number of thioether (sulfide) groups is 1. The molecule has 0 heterocycles. The summed E-state index contributed by atoms with van der Waals surface area (Å²) in [7, 11) is 0. The minimum atomic E-state index is -0.345. The Balaban J connectivity index is 2.37. The van der Waals surface area contributed by atoms with Gasteiger partial charge in [0.05, 0.1) is 18.7 Å². The van der Waals surface area contributed by atoms with Crippen molar-refractivity contribution in [1.82, 2.24) is 0 Å². The van der Waals surface area contributed by atoms with Crippen LogP contribution in [0.4, 0.5) is 5.69 Å². The third-order valence-electron chi connectivity index (χ3n) is 2.48. The summed E-state index contributed by atoms with van der Waals surface area (Å²) in [4.78, 5) is 10.7. The summed E-state index contributed by atoms with van der Waals surface area (Å²) < 4.78 is 5.56. The Bertz CT molecular complexity index is 385. The second-order valence-electron chi connectivity index (χ2n) is 4.04. The van der Waals surface area contributed by atoms with E-state index in [2.05, 4.69) is 12.2 Å². The average molecular weight is 282 g/mol. The van der Waals surface area contributed by atoms with Gasteiger partial charge in [-0.3, -0.25) is 4.79 Å². The minimum absolute atomic E-state index is 0.238. The first-order valence-corrected chi connectivity index (χ1v) is 7.71. The molecule has 0 saturated heterocycles. The lowest BCUT2D eigenvalue weighted by Crippen LogP contribution is -2.15. The monoisotopic (exact) mass is 282 g/mol. The summed E-state index contributed by atoms with van der Waals surface area (Å²) in [5, 5.41) is 3.36. The van der Waals surface area contributed by atoms with E-state index in [0.717, 1.165) is 35.9 Å². The maximum atomic E-state index is 10.7. The van der Waals surface area contributed by atoms with Crippen LogP contribution in [-0.4, -0.2) is 30.6 Å². The quantitative estimate of drug-likeness (QED) is 0.647. The fraction of sp³-hybridized carbons (Fsp3) is 0.500. The standard InChI is InChI=1S/C14H22N2O2S/c1-2-19-11-5-9-16-12-6-3-4-7-13(12)18-10-8-14(15)17/h3-4,6-7,16H,2,5,8-11H2,1H3,(H2,15,17). The van der Waals surface area contributed by atoms with Crippen molar-refractivity contribution >= 4 is 23.4 Å². The molecule has 0 saturated carbocycles. The normalized spacial score (nSPS) is 10.2. The number of para-hydroxylation sites is 2. The molecule has 1 aromatic carbocycles. The van der Waals surface area contributed by atoms with Crippen molar-refractivity contribution in [2.45, 2.75) is 19.8 Å². The van der Waals surface area contributed by atoms with Crippen LogP contribution in [0.3, 0.4) is 0 Å². The van der Waals surface area contributed by atoms with Crippen LogP contribution in [0.5, 0.6) is 5.75 Å². The van der Waals surface area contributed by atoms with Crippen LogP contribution in [0.25, 0.3) is 0 Å². The first-order chi connectivity index (χ1) is 9.24. The zero-order chi connectivity index (χ0) is 13.9. The highest BCUT2D eigenvalue weighted by molar-refractivity contribution is 7.99. The molecule has 0 radical (unpaired) electrons. The van der Waals surface area contributed by atoms with E-state index in [-0.39, 0.29) is 12.3 Å². The molecule has 0 aromatic heterocycles. The van der Waals surface area contributed by atoms with Crippen LogP contribution in [0.2, 0.25) is 0 Å². The van der Waals surface area contributed by atoms with Gasteiger partial charge in [-0.25, -0.2) is 0 Å². The number of amides is 1. The van der Waals surface area contributed by atoms with Crippen LogP contribution < -0.4 is 15.8 Å². The van der Waals surface area contributed by atoms with E-state index in [1.807, 2.05) is 36.0 Å². The maximum absolute atomic E-state index is 10.7. The lowest BCUT2D eigenvalue weighted by molar-refractivity contribution is -0.118. The van der Waals surface area contributed by atoms with E-state index in [4.69, 9.17) is 10.5 Å². The van der Waals surface area contributed by atoms with E-state index >= 15 is 0 Å². The Morgan fingerprint density at radius 3 is 2.95 bits per heavy atom. The molecule has 4 nitrogen and oxygen atoms in total. The van der Waals surface area contributed by atoms with Gasteiger partial charge in [0, 0.05) is 6.54 Å². The fourth-order valence-electron chi connectivity index (χ4n) is 1.54. The summed E-state index contributed by atoms with van der Waals surface area (Å²) >= 11 is 1.94. The van der Waals surface area contributed by atoms with E-state index in [9.17, 15) is 4.79 Å². The van der Waals surface area contributed by atoms with Crippen LogP contribution in [-0.2, 0) is 4.79 Å². The van der Waals surface area contributed by atoms with Crippen molar-refractivity contribution in [3.8, 4) is 5.75 Å². The molecule has 3 N–H and O–H groups in total. The summed E-state index contributed by atoms with van der Waals surface area (Å²) in [5.41, 5.74) is 6.05. The summed E-state index contributed by atoms with van der Waals surface area (Å²) in [6, 6.07) is 7.75. The van der Waals surface area contributed by atoms with Crippen molar-refractivity contribution < 1.29 is 9.53 Å². The van der Waals surface area contributed by atoms with E-state index in [1.54, 1.807) is 0 Å². The first-order valence-electron chi connectivity index (χ1n) is 6.55. The Morgan fingerprint density at radius 2 is 2.21 bits per heavy atom. The van der Waals surface area contributed by atoms with Crippen molar-refractivity contribution in [1.29, 1.82) is 0 Å². The molecule has 0 atom stereocenters. The minimum Gasteiger partial charge on any atom is -0.491 e. The number of nitrogens with one attached hydrogen (secondary N) is 1. The zero-order valence-electron chi connectivity index (χ0n) is 11.4. The van der Waals surface area contributed by atoms with Gasteiger partial charge in [-0.15, -0.1) is 0 Å². The van der Waals surface area contributed by atoms with Crippen molar-refractivity contribution in [2.24, 2.45) is 5.73 Å². The summed E-state index contributed by atoms with van der Waals surface area (Å²) in [5.74, 6) is 2.75. The molecule has 19 heavy (non-hydrogen) atoms. The first kappa shape index (κ1) is 15.7. The molecule has 1 amide bonds. The number of hydrogen-bond donors (Lipinski definition) is 2. The lowest BCUT2D eigenvalue weighted by atomic mass is 10.3. The summed E-state index contributed by atoms with van der Waals surface area (Å²) in [6.45, 7) is 3.41. The predicted octanol–water partition coefficient (Wildman–Crippen LogP) is 2.50. The third kappa shape index (κ3) is 6.96. The Kier molecular flexibility index (Phi) is 7.89. The molecule has 0 spiro atoms. The highest BCUT2D eigenvalue weighted by atomic mass is 32.2. The van der Waals surface area contributed by atoms with Crippen LogP contribution in [0, 0.1) is 0 Å². The lowest BCUT2D eigenvalue weighted by Gasteiger charge is -2.12. The molecule has 0 aliphatic carbocycles. The van der Waals surface area contributed by atoms with E-state index in [0.29, 0.717) is 6.61 Å². The summed E-state index contributed by atoms with van der Waals surface area (Å²) in [6.07, 6.45) is 1.36. The van der Waals surface area contributed by atoms with Crippen molar-refractivity contribution in [2.75, 3.05) is 30.0 Å². The van der Waals surface area contributed by atoms with Gasteiger partial charge in [-0.05, 0) is 30.1 Å². The van der Waals surface area contributed by atoms with Gasteiger partial charge in [0.25, 0.3) is 0 Å². The number of anilines is 1. The second kappa shape index (κ2) is 9.55. The second-order valence-corrected chi connectivity index (χ2v) is 5.43. The highest BCUT2D eigenvalue weighted by Crippen LogP contribution is 2.23. The van der Waals surface area contributed by atoms with Gasteiger partial charge < -0.3 is 15.8 Å². The third-order valence-corrected chi connectivity index (χ3v) is 3.46. The topological polar surface area (TPSA) is 64.3 Å². The van der Waals surface area contributed by atoms with Gasteiger partial charge in [-0.1, -0.05) is 19.1 Å². The highest BCUT2D eigenvalue weighted by Gasteiger charge is 2.03. The molecule has 106 valence electrons. The van der Waals surface area contributed by atoms with Crippen LogP contribution in [0.1, 0.15) is 19.8 Å². The Hall–Kier alpha value is -1.36. The van der Waals surface area contributed by atoms with Crippen LogP contribution >= 0.6 is 11.8 Å². The molecular weight excluding hydrogens is 260 g/mol. The van der Waals surface area contributed by atoms with Gasteiger partial charge in [0.15, 0.2) is 0 Å². The van der Waals surface area contributed by atoms with Crippen molar-refractivity contribution in [3.05, 3.63) is 24.3 Å². The van der Waals surface area contributed by atoms with Gasteiger partial charge in [0.2, 0.25) is 5.91 Å². The average Bonchev–Trinajstić information content (AvgIpc) is 2.40. The molecule has 0 unspecified atom stereocenters. The molecule has 0 aliphatic heterocycles. The molecule has 0 bridgehead atoms. The van der Waals surface area contributed by atoms with Gasteiger partial charge in [-0.2, -0.15) is 11.8 Å². The van der Waals surface area contributed by atoms with E-state index < -0.39 is 0 Å². The largest absolute Gasteiger partial charge is 0.491 e. The fourth-order valence-corrected chi connectivity index (χ4v) is 2.18. The van der Waals surface area contributed by atoms with Gasteiger partial charge in [0.1, 0.15) is 5.75 Å². The number of rotatable bonds is 10. The number of ether oxygens (including phenoxy) is 1. The molecule has 0 aliphatic rings. The molecule has 0 fully saturated rings. The van der Waals surface area contributed by atoms with Gasteiger partial charge >= 0.3 is 0 Å². The number of hydrogen-bond acceptors (Lipinski definition) is 4. The molecule has 1 rings (SSSR count). The predicted molar refractivity (Wildman–Crippen MR) is 81.9 cm³/mol. The number of primary amides is 1. The Morgan fingerprint density at radius 1 is 1.42 bits per heavy atom. The van der Waals surface area contributed by atoms with Crippen molar-refractivity contribution in [3.63, 3.8) is 0 Å². The number of carbonyl (C=O) groups is 1. The van der Waals surface area contributed by atoms with Crippen LogP contribution in [0.15, 0.2) is 24.3 Å². The number of carbonyl (C=O) groups excluding carboxylic acids is 1. The molecule has 1 aromatic rings.